The summed E-state index contributed by atoms with van der Waals surface area (Å²) >= 11 is 1.45. The Balaban J connectivity index is 2.25. The summed E-state index contributed by atoms with van der Waals surface area (Å²) < 4.78 is 0. The van der Waals surface area contributed by atoms with Crippen molar-refractivity contribution < 1.29 is 10.2 Å². The summed E-state index contributed by atoms with van der Waals surface area (Å²) in [6.45, 7) is 0. The molecule has 0 heterocycles. The second-order valence-electron chi connectivity index (χ2n) is 3.54. The van der Waals surface area contributed by atoms with Crippen LogP contribution < -0.4 is 11.5 Å². The Kier molecular flexibility index (Phi) is 3.01. The van der Waals surface area contributed by atoms with Crippen LogP contribution in [0.15, 0.2) is 46.2 Å². The van der Waals surface area contributed by atoms with Crippen molar-refractivity contribution in [3.8, 4) is 11.5 Å². The number of nitrogens with two attached hydrogens (primary N) is 2. The molecule has 0 atom stereocenters. The molecule has 0 aliphatic heterocycles. The van der Waals surface area contributed by atoms with E-state index in [9.17, 15) is 10.2 Å². The molecule has 0 amide bonds. The summed E-state index contributed by atoms with van der Waals surface area (Å²) in [6, 6.07) is 9.98. The smallest absolute Gasteiger partial charge is 0.138 e. The number of hydrogen-bond donors (Lipinski definition) is 4. The van der Waals surface area contributed by atoms with E-state index in [4.69, 9.17) is 11.5 Å². The zero-order valence-corrected chi connectivity index (χ0v) is 9.74. The standard InChI is InChI=1S/C12H12N2O2S/c13-9-5-7(1-3-11(9)15)17-8-2-4-12(16)10(14)6-8/h1-6,15-16H,13-14H2. The molecule has 4 nitrogen and oxygen atoms in total. The van der Waals surface area contributed by atoms with Crippen LogP contribution >= 0.6 is 11.8 Å². The maximum Gasteiger partial charge on any atom is 0.138 e. The maximum absolute atomic E-state index is 9.30. The highest BCUT2D eigenvalue weighted by atomic mass is 32.2. The van der Waals surface area contributed by atoms with Gasteiger partial charge in [0.2, 0.25) is 0 Å². The molecule has 5 heteroatoms. The van der Waals surface area contributed by atoms with Crippen molar-refractivity contribution in [2.75, 3.05) is 11.5 Å². The Morgan fingerprint density at radius 2 is 1.18 bits per heavy atom. The van der Waals surface area contributed by atoms with Gasteiger partial charge in [-0.25, -0.2) is 0 Å². The zero-order chi connectivity index (χ0) is 12.4. The van der Waals surface area contributed by atoms with Gasteiger partial charge >= 0.3 is 0 Å². The molecular weight excluding hydrogens is 236 g/mol. The van der Waals surface area contributed by atoms with Crippen LogP contribution in [0.5, 0.6) is 11.5 Å². The number of phenols is 2. The first-order chi connectivity index (χ1) is 8.06. The minimum atomic E-state index is 0.0690. The lowest BCUT2D eigenvalue weighted by molar-refractivity contribution is 0.477. The Bertz CT molecular complexity index is 509. The molecule has 0 aliphatic carbocycles. The number of phenolic OH excluding ortho intramolecular Hbond substituents is 2. The normalized spacial score (nSPS) is 10.4. The van der Waals surface area contributed by atoms with Gasteiger partial charge in [-0.15, -0.1) is 0 Å². The summed E-state index contributed by atoms with van der Waals surface area (Å²) in [4.78, 5) is 1.79. The van der Waals surface area contributed by atoms with Crippen molar-refractivity contribution in [2.24, 2.45) is 0 Å². The van der Waals surface area contributed by atoms with Gasteiger partial charge in [-0.1, -0.05) is 11.8 Å². The fourth-order valence-electron chi connectivity index (χ4n) is 1.33. The fourth-order valence-corrected chi connectivity index (χ4v) is 2.24. The van der Waals surface area contributed by atoms with E-state index in [1.807, 2.05) is 0 Å². The predicted octanol–water partition coefficient (Wildman–Crippen LogP) is 2.41. The molecule has 0 saturated heterocycles. The molecule has 2 aromatic carbocycles. The second kappa shape index (κ2) is 4.47. The molecule has 2 aromatic rings. The minimum absolute atomic E-state index is 0.0690. The summed E-state index contributed by atoms with van der Waals surface area (Å²) in [5.41, 5.74) is 11.9. The van der Waals surface area contributed by atoms with E-state index in [1.54, 1.807) is 36.4 Å². The van der Waals surface area contributed by atoms with Gasteiger partial charge in [0.25, 0.3) is 0 Å². The van der Waals surface area contributed by atoms with Gasteiger partial charge in [0.1, 0.15) is 11.5 Å². The van der Waals surface area contributed by atoms with Crippen LogP contribution in [0, 0.1) is 0 Å². The average molecular weight is 248 g/mol. The number of nitrogen functional groups attached to an aromatic ring is 2. The zero-order valence-electron chi connectivity index (χ0n) is 8.92. The second-order valence-corrected chi connectivity index (χ2v) is 4.69. The lowest BCUT2D eigenvalue weighted by Gasteiger charge is -2.05. The molecule has 0 aromatic heterocycles. The molecule has 6 N–H and O–H groups in total. The van der Waals surface area contributed by atoms with Crippen LogP contribution in [-0.4, -0.2) is 10.2 Å². The van der Waals surface area contributed by atoms with Crippen molar-refractivity contribution in [1.82, 2.24) is 0 Å². The van der Waals surface area contributed by atoms with Crippen LogP contribution in [0.25, 0.3) is 0 Å². The van der Waals surface area contributed by atoms with Crippen molar-refractivity contribution in [2.45, 2.75) is 9.79 Å². The predicted molar refractivity (Wildman–Crippen MR) is 69.2 cm³/mol. The van der Waals surface area contributed by atoms with E-state index in [2.05, 4.69) is 0 Å². The molecular formula is C12H12N2O2S. The van der Waals surface area contributed by atoms with Gasteiger partial charge in [-0.2, -0.15) is 0 Å². The highest BCUT2D eigenvalue weighted by molar-refractivity contribution is 7.99. The first-order valence-corrected chi connectivity index (χ1v) is 5.73. The lowest BCUT2D eigenvalue weighted by Crippen LogP contribution is -1.87. The van der Waals surface area contributed by atoms with Gasteiger partial charge < -0.3 is 21.7 Å². The van der Waals surface area contributed by atoms with Gasteiger partial charge in [-0.3, -0.25) is 0 Å². The van der Waals surface area contributed by atoms with Crippen LogP contribution in [-0.2, 0) is 0 Å². The highest BCUT2D eigenvalue weighted by Gasteiger charge is 2.03. The topological polar surface area (TPSA) is 92.5 Å². The third-order valence-corrected chi connectivity index (χ3v) is 3.21. The number of aromatic hydroxyl groups is 2. The molecule has 0 fully saturated rings. The van der Waals surface area contributed by atoms with E-state index >= 15 is 0 Å². The number of benzene rings is 2. The monoisotopic (exact) mass is 248 g/mol. The number of hydrogen-bond acceptors (Lipinski definition) is 5. The van der Waals surface area contributed by atoms with Gasteiger partial charge in [0, 0.05) is 9.79 Å². The Morgan fingerprint density at radius 3 is 1.53 bits per heavy atom. The minimum Gasteiger partial charge on any atom is -0.506 e. The molecule has 17 heavy (non-hydrogen) atoms. The molecule has 2 rings (SSSR count). The summed E-state index contributed by atoms with van der Waals surface area (Å²) in [5, 5.41) is 18.6. The summed E-state index contributed by atoms with van der Waals surface area (Å²) in [6.07, 6.45) is 0. The Morgan fingerprint density at radius 1 is 0.765 bits per heavy atom. The van der Waals surface area contributed by atoms with Crippen LogP contribution in [0.2, 0.25) is 0 Å². The maximum atomic E-state index is 9.30. The van der Waals surface area contributed by atoms with Crippen LogP contribution in [0.4, 0.5) is 11.4 Å². The van der Waals surface area contributed by atoms with E-state index in [1.165, 1.54) is 11.8 Å². The molecule has 88 valence electrons. The molecule has 0 spiro atoms. The average Bonchev–Trinajstić information content (AvgIpc) is 2.29. The van der Waals surface area contributed by atoms with Gasteiger partial charge in [0.15, 0.2) is 0 Å². The number of anilines is 2. The van der Waals surface area contributed by atoms with E-state index in [-0.39, 0.29) is 11.5 Å². The third kappa shape index (κ3) is 2.57. The molecule has 0 unspecified atom stereocenters. The quantitative estimate of drug-likeness (QED) is 0.484. The first-order valence-electron chi connectivity index (χ1n) is 4.91. The third-order valence-electron chi connectivity index (χ3n) is 2.23. The van der Waals surface area contributed by atoms with Crippen LogP contribution in [0.1, 0.15) is 0 Å². The SMILES string of the molecule is Nc1cc(Sc2ccc(O)c(N)c2)ccc1O. The van der Waals surface area contributed by atoms with Gasteiger partial charge in [0.05, 0.1) is 11.4 Å². The lowest BCUT2D eigenvalue weighted by atomic mass is 10.3. The molecule has 0 saturated carbocycles. The van der Waals surface area contributed by atoms with E-state index in [0.717, 1.165) is 9.79 Å². The van der Waals surface area contributed by atoms with Crippen molar-refractivity contribution >= 4 is 23.1 Å². The molecule has 0 radical (unpaired) electrons. The largest absolute Gasteiger partial charge is 0.506 e. The van der Waals surface area contributed by atoms with Crippen LogP contribution in [0.3, 0.4) is 0 Å². The fraction of sp³-hybridized carbons (Fsp3) is 0. The Labute approximate surface area is 103 Å². The first kappa shape index (κ1) is 11.5. The van der Waals surface area contributed by atoms with E-state index in [0.29, 0.717) is 11.4 Å². The summed E-state index contributed by atoms with van der Waals surface area (Å²) in [5.74, 6) is 0.138. The number of rotatable bonds is 2. The molecule has 0 bridgehead atoms. The van der Waals surface area contributed by atoms with Gasteiger partial charge in [-0.05, 0) is 36.4 Å². The Hall–Kier alpha value is -2.01. The highest BCUT2D eigenvalue weighted by Crippen LogP contribution is 2.34. The van der Waals surface area contributed by atoms with E-state index < -0.39 is 0 Å². The molecule has 0 aliphatic rings. The van der Waals surface area contributed by atoms with Crippen molar-refractivity contribution in [3.63, 3.8) is 0 Å². The van der Waals surface area contributed by atoms with Crippen molar-refractivity contribution in [3.05, 3.63) is 36.4 Å². The van der Waals surface area contributed by atoms with Crippen molar-refractivity contribution in [1.29, 1.82) is 0 Å². The summed E-state index contributed by atoms with van der Waals surface area (Å²) in [7, 11) is 0.